The van der Waals surface area contributed by atoms with Gasteiger partial charge in [0, 0.05) is 27.7 Å². The first-order valence-corrected chi connectivity index (χ1v) is 11.0. The first-order chi connectivity index (χ1) is 14.4. The van der Waals surface area contributed by atoms with Crippen molar-refractivity contribution < 1.29 is 14.3 Å². The summed E-state index contributed by atoms with van der Waals surface area (Å²) < 4.78 is 15.1. The van der Waals surface area contributed by atoms with Crippen molar-refractivity contribution in [1.29, 1.82) is 0 Å². The summed E-state index contributed by atoms with van der Waals surface area (Å²) in [6.07, 6.45) is 8.52. The smallest absolute Gasteiger partial charge is 0.242 e. The first-order valence-electron chi connectivity index (χ1n) is 10.3. The molecule has 2 unspecified atom stereocenters. The van der Waals surface area contributed by atoms with Gasteiger partial charge in [0.1, 0.15) is 18.1 Å². The van der Waals surface area contributed by atoms with Gasteiger partial charge in [0.15, 0.2) is 0 Å². The van der Waals surface area contributed by atoms with Crippen LogP contribution in [0.1, 0.15) is 38.5 Å². The summed E-state index contributed by atoms with van der Waals surface area (Å²) in [6, 6.07) is 6.07. The Morgan fingerprint density at radius 2 is 2.03 bits per heavy atom. The van der Waals surface area contributed by atoms with E-state index in [9.17, 15) is 9.90 Å². The third-order valence-corrected chi connectivity index (χ3v) is 6.12. The van der Waals surface area contributed by atoms with Crippen LogP contribution in [0.3, 0.4) is 0 Å². The molecule has 3 atom stereocenters. The SMILES string of the molecule is C=C(Cl)/C=C\C=C(/F)C1C[C@H](O)N(C2CCCCC2)C1C(=O)Nc1cccc(Cl)c1. The average molecular weight is 453 g/mol. The molecule has 1 aliphatic heterocycles. The number of amides is 1. The predicted molar refractivity (Wildman–Crippen MR) is 120 cm³/mol. The van der Waals surface area contributed by atoms with Crippen LogP contribution in [0.15, 0.2) is 59.9 Å². The number of likely N-dealkylation sites (tertiary alicyclic amines) is 1. The van der Waals surface area contributed by atoms with Gasteiger partial charge in [-0.25, -0.2) is 4.39 Å². The van der Waals surface area contributed by atoms with E-state index in [-0.39, 0.29) is 23.4 Å². The third-order valence-electron chi connectivity index (χ3n) is 5.76. The van der Waals surface area contributed by atoms with E-state index in [1.165, 1.54) is 18.2 Å². The summed E-state index contributed by atoms with van der Waals surface area (Å²) in [5, 5.41) is 14.4. The molecular formula is C23H27Cl2FN2O2. The van der Waals surface area contributed by atoms with Crippen LogP contribution < -0.4 is 5.32 Å². The molecule has 0 aromatic heterocycles. The molecule has 0 spiro atoms. The molecule has 2 fully saturated rings. The second-order valence-electron chi connectivity index (χ2n) is 7.86. The summed E-state index contributed by atoms with van der Waals surface area (Å²) in [4.78, 5) is 15.1. The summed E-state index contributed by atoms with van der Waals surface area (Å²) in [6.45, 7) is 3.54. The Hall–Kier alpha value is -1.66. The highest BCUT2D eigenvalue weighted by molar-refractivity contribution is 6.31. The highest BCUT2D eigenvalue weighted by Gasteiger charge is 2.49. The van der Waals surface area contributed by atoms with E-state index in [1.54, 1.807) is 29.2 Å². The van der Waals surface area contributed by atoms with Crippen LogP contribution in [0.25, 0.3) is 0 Å². The maximum atomic E-state index is 15.1. The summed E-state index contributed by atoms with van der Waals surface area (Å²) in [5.74, 6) is -1.57. The Balaban J connectivity index is 1.88. The monoisotopic (exact) mass is 452 g/mol. The number of hydrogen-bond donors (Lipinski definition) is 2. The van der Waals surface area contributed by atoms with Gasteiger partial charge in [-0.1, -0.05) is 61.2 Å². The molecule has 1 aromatic rings. The van der Waals surface area contributed by atoms with E-state index in [1.807, 2.05) is 0 Å². The van der Waals surface area contributed by atoms with Gasteiger partial charge in [-0.05, 0) is 49.6 Å². The van der Waals surface area contributed by atoms with Crippen molar-refractivity contribution >= 4 is 34.8 Å². The quantitative estimate of drug-likeness (QED) is 0.537. The number of aliphatic hydroxyl groups is 1. The number of carbonyl (C=O) groups is 1. The lowest BCUT2D eigenvalue weighted by molar-refractivity contribution is -0.126. The van der Waals surface area contributed by atoms with Gasteiger partial charge in [-0.3, -0.25) is 9.69 Å². The van der Waals surface area contributed by atoms with Crippen LogP contribution in [0, 0.1) is 5.92 Å². The van der Waals surface area contributed by atoms with Crippen LogP contribution in [0.5, 0.6) is 0 Å². The summed E-state index contributed by atoms with van der Waals surface area (Å²) >= 11 is 11.7. The predicted octanol–water partition coefficient (Wildman–Crippen LogP) is 5.78. The van der Waals surface area contributed by atoms with E-state index in [2.05, 4.69) is 11.9 Å². The minimum absolute atomic E-state index is 0.0554. The minimum Gasteiger partial charge on any atom is -0.378 e. The number of allylic oxidation sites excluding steroid dienone is 4. The van der Waals surface area contributed by atoms with Crippen molar-refractivity contribution in [3.63, 3.8) is 0 Å². The van der Waals surface area contributed by atoms with Crippen LogP contribution in [-0.2, 0) is 4.79 Å². The van der Waals surface area contributed by atoms with Crippen LogP contribution in [0.2, 0.25) is 5.02 Å². The first kappa shape index (κ1) is 23.0. The lowest BCUT2D eigenvalue weighted by atomic mass is 9.92. The van der Waals surface area contributed by atoms with Crippen LogP contribution in [0.4, 0.5) is 10.1 Å². The van der Waals surface area contributed by atoms with Crippen LogP contribution >= 0.6 is 23.2 Å². The van der Waals surface area contributed by atoms with Gasteiger partial charge in [0.25, 0.3) is 0 Å². The lowest BCUT2D eigenvalue weighted by Gasteiger charge is -2.37. The molecule has 1 aliphatic carbocycles. The standard InChI is InChI=1S/C23H27Cl2FN2O2/c1-15(24)7-5-12-20(26)19-14-21(29)28(18-10-3-2-4-11-18)22(19)23(30)27-17-9-6-8-16(25)13-17/h5-9,12-13,18-19,21-22,29H,1-4,10-11,14H2,(H,27,30)/b7-5-,20-12-/t19?,21-,22?/m0/s1. The second-order valence-corrected chi connectivity index (χ2v) is 8.79. The molecule has 1 amide bonds. The van der Waals surface area contributed by atoms with Gasteiger partial charge in [-0.2, -0.15) is 0 Å². The molecule has 0 radical (unpaired) electrons. The zero-order chi connectivity index (χ0) is 21.7. The summed E-state index contributed by atoms with van der Waals surface area (Å²) in [7, 11) is 0. The van der Waals surface area contributed by atoms with Crippen molar-refractivity contribution in [2.75, 3.05) is 5.32 Å². The van der Waals surface area contributed by atoms with Gasteiger partial charge >= 0.3 is 0 Å². The van der Waals surface area contributed by atoms with Crippen molar-refractivity contribution in [3.05, 3.63) is 65.0 Å². The fourth-order valence-corrected chi connectivity index (χ4v) is 4.72. The average Bonchev–Trinajstić information content (AvgIpc) is 3.05. The third kappa shape index (κ3) is 5.73. The Kier molecular flexibility index (Phi) is 8.12. The number of benzene rings is 1. The fraction of sp³-hybridized carbons (Fsp3) is 0.435. The Bertz CT molecular complexity index is 836. The fourth-order valence-electron chi connectivity index (χ4n) is 4.45. The van der Waals surface area contributed by atoms with E-state index >= 15 is 4.39 Å². The van der Waals surface area contributed by atoms with E-state index in [4.69, 9.17) is 23.2 Å². The van der Waals surface area contributed by atoms with Crippen molar-refractivity contribution in [1.82, 2.24) is 4.90 Å². The second kappa shape index (κ2) is 10.6. The van der Waals surface area contributed by atoms with E-state index in [0.717, 1.165) is 32.1 Å². The number of anilines is 1. The maximum Gasteiger partial charge on any atom is 0.242 e. The van der Waals surface area contributed by atoms with Crippen LogP contribution in [-0.4, -0.2) is 34.2 Å². The summed E-state index contributed by atoms with van der Waals surface area (Å²) in [5.41, 5.74) is 0.541. The Morgan fingerprint density at radius 1 is 1.30 bits per heavy atom. The number of nitrogens with one attached hydrogen (secondary N) is 1. The van der Waals surface area contributed by atoms with Crippen molar-refractivity contribution in [2.45, 2.75) is 56.8 Å². The van der Waals surface area contributed by atoms with E-state index < -0.39 is 24.0 Å². The molecule has 1 heterocycles. The Morgan fingerprint density at radius 3 is 2.70 bits per heavy atom. The normalized spacial score (nSPS) is 26.3. The number of nitrogens with zero attached hydrogens (tertiary/aromatic N) is 1. The molecule has 4 nitrogen and oxygen atoms in total. The molecule has 3 rings (SSSR count). The molecule has 1 saturated heterocycles. The molecule has 1 aromatic carbocycles. The number of aliphatic hydroxyl groups excluding tert-OH is 1. The molecule has 1 saturated carbocycles. The molecular weight excluding hydrogens is 426 g/mol. The number of hydrogen-bond acceptors (Lipinski definition) is 3. The van der Waals surface area contributed by atoms with Crippen molar-refractivity contribution in [3.8, 4) is 0 Å². The highest BCUT2D eigenvalue weighted by atomic mass is 35.5. The zero-order valence-corrected chi connectivity index (χ0v) is 18.2. The zero-order valence-electron chi connectivity index (χ0n) is 16.7. The molecule has 2 aliphatic rings. The van der Waals surface area contributed by atoms with Gasteiger partial charge in [0.2, 0.25) is 5.91 Å². The highest BCUT2D eigenvalue weighted by Crippen LogP contribution is 2.40. The molecule has 7 heteroatoms. The number of carbonyl (C=O) groups excluding carboxylic acids is 1. The van der Waals surface area contributed by atoms with E-state index in [0.29, 0.717) is 10.7 Å². The number of rotatable bonds is 6. The molecule has 2 N–H and O–H groups in total. The largest absolute Gasteiger partial charge is 0.378 e. The lowest BCUT2D eigenvalue weighted by Crippen LogP contribution is -2.51. The van der Waals surface area contributed by atoms with Gasteiger partial charge in [-0.15, -0.1) is 0 Å². The topological polar surface area (TPSA) is 52.6 Å². The van der Waals surface area contributed by atoms with Crippen molar-refractivity contribution in [2.24, 2.45) is 5.92 Å². The molecule has 162 valence electrons. The van der Waals surface area contributed by atoms with Gasteiger partial charge in [0.05, 0.1) is 0 Å². The van der Waals surface area contributed by atoms with Gasteiger partial charge < -0.3 is 10.4 Å². The minimum atomic E-state index is -0.876. The molecule has 0 bridgehead atoms. The maximum absolute atomic E-state index is 15.1. The number of halogens is 3. The molecule has 30 heavy (non-hydrogen) atoms. The Labute approximate surface area is 187 Å².